The summed E-state index contributed by atoms with van der Waals surface area (Å²) in [4.78, 5) is 0. The van der Waals surface area contributed by atoms with E-state index in [1.807, 2.05) is 6.92 Å². The van der Waals surface area contributed by atoms with Crippen LogP contribution in [0.15, 0.2) is 23.8 Å². The predicted octanol–water partition coefficient (Wildman–Crippen LogP) is 0.385. The molecule has 0 radical (unpaired) electrons. The number of aliphatic hydroxyl groups excluding tert-OH is 6. The SMILES string of the molecule is C=C1CC[C@H]2[C@H](C(C)(C)O)CC[C@]2(C)[C@@H](O)/C=C(\CO)CCC1O[C@@H]1O[C@H](CO)[C@@H](O)[C@H](O)[C@H]1O. The van der Waals surface area contributed by atoms with Gasteiger partial charge in [0.15, 0.2) is 6.29 Å². The first-order valence-electron chi connectivity index (χ1n) is 12.7. The van der Waals surface area contributed by atoms with Crippen molar-refractivity contribution in [2.45, 2.75) is 108 Å². The van der Waals surface area contributed by atoms with Crippen molar-refractivity contribution in [3.8, 4) is 0 Å². The van der Waals surface area contributed by atoms with Crippen molar-refractivity contribution in [3.05, 3.63) is 23.8 Å². The Morgan fingerprint density at radius 2 is 1.74 bits per heavy atom. The molecule has 3 aliphatic rings. The van der Waals surface area contributed by atoms with E-state index >= 15 is 0 Å². The largest absolute Gasteiger partial charge is 0.394 e. The lowest BCUT2D eigenvalue weighted by Crippen LogP contribution is -2.59. The fourth-order valence-electron chi connectivity index (χ4n) is 6.21. The van der Waals surface area contributed by atoms with E-state index in [2.05, 4.69) is 6.58 Å². The molecule has 2 fully saturated rings. The van der Waals surface area contributed by atoms with Gasteiger partial charge in [-0.1, -0.05) is 19.6 Å². The molecular formula is C26H44O9. The minimum Gasteiger partial charge on any atom is -0.394 e. The molecule has 0 amide bonds. The van der Waals surface area contributed by atoms with Crippen LogP contribution in [0.4, 0.5) is 0 Å². The Bertz CT molecular complexity index is 760. The minimum absolute atomic E-state index is 0.00328. The van der Waals surface area contributed by atoms with Crippen LogP contribution >= 0.6 is 0 Å². The zero-order valence-corrected chi connectivity index (χ0v) is 21.1. The summed E-state index contributed by atoms with van der Waals surface area (Å²) < 4.78 is 11.6. The molecule has 9 nitrogen and oxygen atoms in total. The highest BCUT2D eigenvalue weighted by Crippen LogP contribution is 2.55. The molecule has 0 aromatic rings. The quantitative estimate of drug-likeness (QED) is 0.265. The van der Waals surface area contributed by atoms with Crippen LogP contribution in [0.3, 0.4) is 0 Å². The summed E-state index contributed by atoms with van der Waals surface area (Å²) in [6, 6.07) is 0. The van der Waals surface area contributed by atoms with Crippen molar-refractivity contribution in [3.63, 3.8) is 0 Å². The molecule has 0 aromatic carbocycles. The summed E-state index contributed by atoms with van der Waals surface area (Å²) in [5.74, 6) is -0.0250. The van der Waals surface area contributed by atoms with E-state index in [4.69, 9.17) is 9.47 Å². The number of hydrogen-bond donors (Lipinski definition) is 7. The van der Waals surface area contributed by atoms with Crippen LogP contribution in [-0.4, -0.2) is 97.5 Å². The normalized spacial score (nSPS) is 45.4. The van der Waals surface area contributed by atoms with Crippen molar-refractivity contribution < 1.29 is 45.2 Å². The number of ether oxygens (including phenoxy) is 2. The second kappa shape index (κ2) is 11.2. The van der Waals surface area contributed by atoms with Gasteiger partial charge in [-0.25, -0.2) is 0 Å². The Morgan fingerprint density at radius 1 is 1.06 bits per heavy atom. The van der Waals surface area contributed by atoms with E-state index < -0.39 is 60.5 Å². The Hall–Kier alpha value is -0.880. The van der Waals surface area contributed by atoms with Crippen LogP contribution in [-0.2, 0) is 9.47 Å². The van der Waals surface area contributed by atoms with Crippen LogP contribution in [0, 0.1) is 17.3 Å². The highest BCUT2D eigenvalue weighted by atomic mass is 16.7. The molecule has 1 saturated carbocycles. The maximum atomic E-state index is 11.2. The molecule has 202 valence electrons. The van der Waals surface area contributed by atoms with Crippen molar-refractivity contribution in [2.24, 2.45) is 17.3 Å². The Kier molecular flexibility index (Phi) is 9.22. The van der Waals surface area contributed by atoms with Gasteiger partial charge < -0.3 is 45.2 Å². The fourth-order valence-corrected chi connectivity index (χ4v) is 6.21. The minimum atomic E-state index is -1.54. The van der Waals surface area contributed by atoms with Crippen LogP contribution < -0.4 is 0 Å². The number of hydrogen-bond acceptors (Lipinski definition) is 9. The second-order valence-corrected chi connectivity index (χ2v) is 11.4. The number of rotatable bonds is 5. The van der Waals surface area contributed by atoms with Crippen molar-refractivity contribution >= 4 is 0 Å². The first-order valence-corrected chi connectivity index (χ1v) is 12.7. The third kappa shape index (κ3) is 6.00. The molecule has 2 aliphatic carbocycles. The third-order valence-electron chi connectivity index (χ3n) is 8.61. The van der Waals surface area contributed by atoms with E-state index in [0.29, 0.717) is 31.3 Å². The summed E-state index contributed by atoms with van der Waals surface area (Å²) in [6.07, 6.45) is -3.03. The van der Waals surface area contributed by atoms with Gasteiger partial charge in [0.1, 0.15) is 24.4 Å². The van der Waals surface area contributed by atoms with Crippen LogP contribution in [0.1, 0.15) is 59.3 Å². The molecule has 9 heteroatoms. The van der Waals surface area contributed by atoms with E-state index in [1.54, 1.807) is 19.9 Å². The summed E-state index contributed by atoms with van der Waals surface area (Å²) >= 11 is 0. The van der Waals surface area contributed by atoms with E-state index in [-0.39, 0.29) is 18.4 Å². The molecule has 35 heavy (non-hydrogen) atoms. The van der Waals surface area contributed by atoms with Gasteiger partial charge >= 0.3 is 0 Å². The molecule has 0 bridgehead atoms. The first-order chi connectivity index (χ1) is 16.3. The van der Waals surface area contributed by atoms with Crippen LogP contribution in [0.25, 0.3) is 0 Å². The number of aliphatic hydroxyl groups is 7. The lowest BCUT2D eigenvalue weighted by Gasteiger charge is -2.42. The molecule has 1 heterocycles. The average Bonchev–Trinajstić information content (AvgIpc) is 3.15. The zero-order valence-electron chi connectivity index (χ0n) is 21.1. The van der Waals surface area contributed by atoms with Crippen LogP contribution in [0.5, 0.6) is 0 Å². The Morgan fingerprint density at radius 3 is 2.34 bits per heavy atom. The molecule has 1 saturated heterocycles. The second-order valence-electron chi connectivity index (χ2n) is 11.4. The standard InChI is InChI=1S/C26H44O9/c1-14-5-7-17-16(25(2,3)33)9-10-26(17,4)20(29)11-15(12-27)6-8-18(14)34-24-23(32)22(31)21(30)19(13-28)35-24/h11,16-24,27-33H,1,5-10,12-13H2,2-4H3/b15-11-/t16-,17+,18?,19-,20+,21-,22+,23-,24-,26+/m1/s1. The van der Waals surface area contributed by atoms with Gasteiger partial charge in [-0.05, 0) is 75.4 Å². The highest BCUT2D eigenvalue weighted by molar-refractivity contribution is 5.16. The summed E-state index contributed by atoms with van der Waals surface area (Å²) in [5, 5.41) is 72.2. The predicted molar refractivity (Wildman–Crippen MR) is 128 cm³/mol. The van der Waals surface area contributed by atoms with Gasteiger partial charge in [0.25, 0.3) is 0 Å². The van der Waals surface area contributed by atoms with E-state index in [0.717, 1.165) is 18.4 Å². The zero-order chi connectivity index (χ0) is 26.1. The molecule has 3 rings (SSSR count). The van der Waals surface area contributed by atoms with Gasteiger partial charge in [0.05, 0.1) is 31.0 Å². The highest BCUT2D eigenvalue weighted by Gasteiger charge is 2.52. The third-order valence-corrected chi connectivity index (χ3v) is 8.61. The molecule has 10 atom stereocenters. The van der Waals surface area contributed by atoms with Crippen molar-refractivity contribution in [2.75, 3.05) is 13.2 Å². The van der Waals surface area contributed by atoms with Crippen LogP contribution in [0.2, 0.25) is 0 Å². The summed E-state index contributed by atoms with van der Waals surface area (Å²) in [6.45, 7) is 9.09. The maximum absolute atomic E-state index is 11.2. The fraction of sp³-hybridized carbons (Fsp3) is 0.846. The van der Waals surface area contributed by atoms with Gasteiger partial charge in [0, 0.05) is 5.41 Å². The van der Waals surface area contributed by atoms with E-state index in [9.17, 15) is 35.7 Å². The van der Waals surface area contributed by atoms with Crippen molar-refractivity contribution in [1.82, 2.24) is 0 Å². The molecule has 7 N–H and O–H groups in total. The van der Waals surface area contributed by atoms with Gasteiger partial charge in [-0.3, -0.25) is 0 Å². The first kappa shape index (κ1) is 28.7. The monoisotopic (exact) mass is 500 g/mol. The molecular weight excluding hydrogens is 456 g/mol. The summed E-state index contributed by atoms with van der Waals surface area (Å²) in [7, 11) is 0. The van der Waals surface area contributed by atoms with Gasteiger partial charge in [-0.2, -0.15) is 0 Å². The lowest BCUT2D eigenvalue weighted by atomic mass is 9.67. The summed E-state index contributed by atoms with van der Waals surface area (Å²) in [5.41, 5.74) is 0.00334. The van der Waals surface area contributed by atoms with Crippen molar-refractivity contribution in [1.29, 1.82) is 0 Å². The molecule has 1 aliphatic heterocycles. The Balaban J connectivity index is 1.86. The molecule has 1 unspecified atom stereocenters. The lowest BCUT2D eigenvalue weighted by molar-refractivity contribution is -0.308. The van der Waals surface area contributed by atoms with Gasteiger partial charge in [0.2, 0.25) is 0 Å². The smallest absolute Gasteiger partial charge is 0.187 e. The topological polar surface area (TPSA) is 160 Å². The number of fused-ring (bicyclic) bond motifs is 1. The van der Waals surface area contributed by atoms with Gasteiger partial charge in [-0.15, -0.1) is 0 Å². The average molecular weight is 501 g/mol. The van der Waals surface area contributed by atoms with E-state index in [1.165, 1.54) is 0 Å². The molecule has 0 spiro atoms. The molecule has 0 aromatic heterocycles. The Labute approximate surface area is 207 Å². The maximum Gasteiger partial charge on any atom is 0.187 e.